The number of piperidine rings is 1. The minimum atomic E-state index is -0.437. The maximum absolute atomic E-state index is 12.7. The number of aromatic nitrogens is 2. The van der Waals surface area contributed by atoms with Crippen molar-refractivity contribution in [3.05, 3.63) is 58.3 Å². The van der Waals surface area contributed by atoms with E-state index in [4.69, 9.17) is 0 Å². The summed E-state index contributed by atoms with van der Waals surface area (Å²) in [4.78, 5) is 42.9. The Hall–Kier alpha value is -2.96. The Morgan fingerprint density at radius 3 is 2.60 bits per heavy atom. The molecule has 2 amide bonds. The van der Waals surface area contributed by atoms with Crippen molar-refractivity contribution >= 4 is 17.5 Å². The molecule has 1 aliphatic rings. The Morgan fingerprint density at radius 2 is 1.92 bits per heavy atom. The number of hydrogen-bond acceptors (Lipinski definition) is 4. The molecule has 3 heterocycles. The van der Waals surface area contributed by atoms with Crippen LogP contribution in [0.3, 0.4) is 0 Å². The Morgan fingerprint density at radius 1 is 1.16 bits per heavy atom. The van der Waals surface area contributed by atoms with Gasteiger partial charge in [0, 0.05) is 38.7 Å². The van der Waals surface area contributed by atoms with Crippen LogP contribution in [-0.2, 0) is 7.05 Å². The third-order valence-corrected chi connectivity index (χ3v) is 4.25. The quantitative estimate of drug-likeness (QED) is 0.921. The number of pyridine rings is 2. The van der Waals surface area contributed by atoms with Crippen molar-refractivity contribution in [2.45, 2.75) is 19.3 Å². The lowest BCUT2D eigenvalue weighted by Gasteiger charge is -2.27. The largest absolute Gasteiger partial charge is 0.339 e. The highest BCUT2D eigenvalue weighted by atomic mass is 16.2. The van der Waals surface area contributed by atoms with Crippen molar-refractivity contribution in [1.82, 2.24) is 14.5 Å². The van der Waals surface area contributed by atoms with Gasteiger partial charge < -0.3 is 14.8 Å². The fraction of sp³-hybridized carbons (Fsp3) is 0.333. The lowest BCUT2D eigenvalue weighted by Crippen LogP contribution is -2.36. The smallest absolute Gasteiger partial charge is 0.274 e. The summed E-state index contributed by atoms with van der Waals surface area (Å²) in [5, 5.41) is 2.58. The van der Waals surface area contributed by atoms with E-state index in [9.17, 15) is 14.4 Å². The van der Waals surface area contributed by atoms with E-state index < -0.39 is 5.91 Å². The minimum absolute atomic E-state index is 0.0826. The first-order valence-electron chi connectivity index (χ1n) is 8.27. The number of nitrogens with one attached hydrogen (secondary N) is 1. The fourth-order valence-corrected chi connectivity index (χ4v) is 2.89. The van der Waals surface area contributed by atoms with Gasteiger partial charge in [-0.1, -0.05) is 0 Å². The zero-order valence-corrected chi connectivity index (χ0v) is 14.1. The van der Waals surface area contributed by atoms with Crippen molar-refractivity contribution < 1.29 is 9.59 Å². The van der Waals surface area contributed by atoms with Crippen molar-refractivity contribution in [1.29, 1.82) is 0 Å². The van der Waals surface area contributed by atoms with Crippen LogP contribution in [0.25, 0.3) is 0 Å². The third-order valence-electron chi connectivity index (χ3n) is 4.25. The van der Waals surface area contributed by atoms with Crippen LogP contribution in [0.4, 0.5) is 5.69 Å². The van der Waals surface area contributed by atoms with E-state index in [1.54, 1.807) is 30.3 Å². The molecule has 25 heavy (non-hydrogen) atoms. The molecule has 0 radical (unpaired) electrons. The van der Waals surface area contributed by atoms with E-state index >= 15 is 0 Å². The summed E-state index contributed by atoms with van der Waals surface area (Å²) >= 11 is 0. The van der Waals surface area contributed by atoms with Gasteiger partial charge in [-0.2, -0.15) is 0 Å². The number of hydrogen-bond donors (Lipinski definition) is 1. The van der Waals surface area contributed by atoms with Crippen molar-refractivity contribution in [3.63, 3.8) is 0 Å². The summed E-state index contributed by atoms with van der Waals surface area (Å²) in [7, 11) is 1.56. The van der Waals surface area contributed by atoms with E-state index in [0.29, 0.717) is 11.1 Å². The molecule has 7 nitrogen and oxygen atoms in total. The molecule has 130 valence electrons. The van der Waals surface area contributed by atoms with Crippen LogP contribution >= 0.6 is 0 Å². The van der Waals surface area contributed by atoms with Crippen molar-refractivity contribution in [2.75, 3.05) is 18.4 Å². The Bertz CT molecular complexity index is 839. The molecule has 0 atom stereocenters. The average molecular weight is 340 g/mol. The second-order valence-electron chi connectivity index (χ2n) is 6.11. The van der Waals surface area contributed by atoms with E-state index in [1.165, 1.54) is 23.0 Å². The number of amides is 2. The van der Waals surface area contributed by atoms with Crippen LogP contribution in [0.15, 0.2) is 41.6 Å². The van der Waals surface area contributed by atoms with Gasteiger partial charge >= 0.3 is 0 Å². The number of aryl methyl sites for hydroxylation is 1. The number of carbonyl (C=O) groups is 2. The van der Waals surface area contributed by atoms with Crippen molar-refractivity contribution in [3.8, 4) is 0 Å². The van der Waals surface area contributed by atoms with Gasteiger partial charge in [-0.05, 0) is 37.5 Å². The Labute approximate surface area is 145 Å². The maximum atomic E-state index is 12.7. The molecule has 3 rings (SSSR count). The van der Waals surface area contributed by atoms with Gasteiger partial charge in [0.2, 0.25) is 0 Å². The molecular weight excluding hydrogens is 320 g/mol. The van der Waals surface area contributed by atoms with Crippen LogP contribution in [0.5, 0.6) is 0 Å². The molecule has 7 heteroatoms. The zero-order chi connectivity index (χ0) is 17.8. The van der Waals surface area contributed by atoms with Gasteiger partial charge in [0.1, 0.15) is 5.69 Å². The number of carbonyl (C=O) groups excluding carboxylic acids is 2. The van der Waals surface area contributed by atoms with E-state index in [2.05, 4.69) is 10.3 Å². The van der Waals surface area contributed by atoms with Crippen LogP contribution in [0.2, 0.25) is 0 Å². The van der Waals surface area contributed by atoms with E-state index in [1.807, 2.05) is 0 Å². The molecule has 0 unspecified atom stereocenters. The van der Waals surface area contributed by atoms with Crippen LogP contribution < -0.4 is 10.9 Å². The molecule has 0 spiro atoms. The van der Waals surface area contributed by atoms with Crippen LogP contribution in [-0.4, -0.2) is 39.4 Å². The predicted molar refractivity (Wildman–Crippen MR) is 93.6 cm³/mol. The summed E-state index contributed by atoms with van der Waals surface area (Å²) in [5.74, 6) is -0.556. The summed E-state index contributed by atoms with van der Waals surface area (Å²) < 4.78 is 1.32. The SMILES string of the molecule is Cn1cc(C(=O)N2CCCCC2)cc(NC(=O)c2cccnc2)c1=O. The molecule has 1 saturated heterocycles. The van der Waals surface area contributed by atoms with Crippen LogP contribution in [0, 0.1) is 0 Å². The molecule has 1 fully saturated rings. The van der Waals surface area contributed by atoms with Gasteiger partial charge in [0.05, 0.1) is 11.1 Å². The molecule has 2 aromatic heterocycles. The molecule has 0 aromatic carbocycles. The summed E-state index contributed by atoms with van der Waals surface area (Å²) in [6.07, 6.45) is 7.60. The number of rotatable bonds is 3. The average Bonchev–Trinajstić information content (AvgIpc) is 2.66. The molecule has 1 N–H and O–H groups in total. The predicted octanol–water partition coefficient (Wildman–Crippen LogP) is 1.66. The molecular formula is C18H20N4O3. The highest BCUT2D eigenvalue weighted by Gasteiger charge is 2.20. The Balaban J connectivity index is 1.87. The van der Waals surface area contributed by atoms with Crippen LogP contribution in [0.1, 0.15) is 40.0 Å². The van der Waals surface area contributed by atoms with Gasteiger partial charge in [-0.15, -0.1) is 0 Å². The summed E-state index contributed by atoms with van der Waals surface area (Å²) in [5.41, 5.74) is 0.453. The zero-order valence-electron chi connectivity index (χ0n) is 14.1. The fourth-order valence-electron chi connectivity index (χ4n) is 2.89. The monoisotopic (exact) mass is 340 g/mol. The highest BCUT2D eigenvalue weighted by molar-refractivity contribution is 6.04. The first-order chi connectivity index (χ1) is 12.1. The first-order valence-corrected chi connectivity index (χ1v) is 8.27. The first kappa shape index (κ1) is 16.9. The normalized spacial score (nSPS) is 14.2. The lowest BCUT2D eigenvalue weighted by molar-refractivity contribution is 0.0723. The number of anilines is 1. The molecule has 0 aliphatic carbocycles. The highest BCUT2D eigenvalue weighted by Crippen LogP contribution is 2.14. The molecule has 0 saturated carbocycles. The van der Waals surface area contributed by atoms with E-state index in [-0.39, 0.29) is 17.2 Å². The Kier molecular flexibility index (Phi) is 4.92. The number of likely N-dealkylation sites (tertiary alicyclic amines) is 1. The number of nitrogens with zero attached hydrogens (tertiary/aromatic N) is 3. The molecule has 1 aliphatic heterocycles. The second kappa shape index (κ2) is 7.29. The molecule has 2 aromatic rings. The van der Waals surface area contributed by atoms with Gasteiger partial charge in [0.25, 0.3) is 17.4 Å². The second-order valence-corrected chi connectivity index (χ2v) is 6.11. The topological polar surface area (TPSA) is 84.3 Å². The minimum Gasteiger partial charge on any atom is -0.339 e. The lowest BCUT2D eigenvalue weighted by atomic mass is 10.1. The van der Waals surface area contributed by atoms with Gasteiger partial charge in [0.15, 0.2) is 0 Å². The van der Waals surface area contributed by atoms with Crippen molar-refractivity contribution in [2.24, 2.45) is 7.05 Å². The van der Waals surface area contributed by atoms with E-state index in [0.717, 1.165) is 32.4 Å². The summed E-state index contributed by atoms with van der Waals surface area (Å²) in [6.45, 7) is 1.44. The maximum Gasteiger partial charge on any atom is 0.274 e. The molecule has 0 bridgehead atoms. The van der Waals surface area contributed by atoms with Gasteiger partial charge in [-0.3, -0.25) is 19.4 Å². The standard InChI is InChI=1S/C18H20N4O3/c1-21-12-14(17(24)22-8-3-2-4-9-22)10-15(18(21)25)20-16(23)13-6-5-7-19-11-13/h5-7,10-12H,2-4,8-9H2,1H3,(H,20,23). The van der Waals surface area contributed by atoms with Gasteiger partial charge in [-0.25, -0.2) is 0 Å². The third kappa shape index (κ3) is 3.76. The summed E-state index contributed by atoms with van der Waals surface area (Å²) in [6, 6.07) is 4.70.